The lowest BCUT2D eigenvalue weighted by Gasteiger charge is -2.24. The number of nitrogens with one attached hydrogen (secondary N) is 1. The van der Waals surface area contributed by atoms with Crippen LogP contribution in [0.25, 0.3) is 0 Å². The molecule has 1 aliphatic rings. The molecular weight excluding hydrogens is 265 g/mol. The Morgan fingerprint density at radius 1 is 1.53 bits per heavy atom. The highest BCUT2D eigenvalue weighted by molar-refractivity contribution is 9.10. The molecule has 1 aromatic rings. The molecule has 1 aromatic carbocycles. The average molecular weight is 274 g/mol. The molecular formula is C10H9BrFNO2. The molecule has 3 nitrogen and oxygen atoms in total. The molecule has 0 radical (unpaired) electrons. The van der Waals surface area contributed by atoms with Gasteiger partial charge in [-0.05, 0) is 17.7 Å². The first kappa shape index (κ1) is 10.6. The molecule has 0 saturated carbocycles. The summed E-state index contributed by atoms with van der Waals surface area (Å²) >= 11 is 3.27. The summed E-state index contributed by atoms with van der Waals surface area (Å²) in [4.78, 5) is 10.9. The Morgan fingerprint density at radius 2 is 2.33 bits per heavy atom. The first-order valence-corrected chi connectivity index (χ1v) is 5.29. The highest BCUT2D eigenvalue weighted by Crippen LogP contribution is 2.27. The van der Waals surface area contributed by atoms with Gasteiger partial charge in [-0.25, -0.2) is 4.39 Å². The van der Waals surface area contributed by atoms with E-state index in [9.17, 15) is 9.18 Å². The van der Waals surface area contributed by atoms with Crippen LogP contribution in [-0.2, 0) is 9.53 Å². The van der Waals surface area contributed by atoms with Gasteiger partial charge in [0.2, 0.25) is 5.91 Å². The van der Waals surface area contributed by atoms with Crippen LogP contribution >= 0.6 is 15.9 Å². The fraction of sp³-hybridized carbons (Fsp3) is 0.300. The van der Waals surface area contributed by atoms with Crippen LogP contribution in [0.2, 0.25) is 0 Å². The summed E-state index contributed by atoms with van der Waals surface area (Å²) in [6.45, 7) is 0.470. The van der Waals surface area contributed by atoms with Crippen LogP contribution in [-0.4, -0.2) is 19.1 Å². The van der Waals surface area contributed by atoms with E-state index in [2.05, 4.69) is 21.2 Å². The number of amides is 1. The van der Waals surface area contributed by atoms with Gasteiger partial charge in [0.05, 0.1) is 0 Å². The fourth-order valence-corrected chi connectivity index (χ4v) is 2.06. The second-order valence-corrected chi connectivity index (χ2v) is 4.12. The summed E-state index contributed by atoms with van der Waals surface area (Å²) < 4.78 is 18.8. The van der Waals surface area contributed by atoms with Crippen LogP contribution in [0.5, 0.6) is 0 Å². The molecule has 0 unspecified atom stereocenters. The predicted octanol–water partition coefficient (Wildman–Crippen LogP) is 1.78. The maximum Gasteiger partial charge on any atom is 0.246 e. The van der Waals surface area contributed by atoms with E-state index in [-0.39, 0.29) is 24.4 Å². The Balaban J connectivity index is 2.19. The van der Waals surface area contributed by atoms with E-state index in [1.165, 1.54) is 12.1 Å². The maximum absolute atomic E-state index is 12.8. The number of rotatable bonds is 1. The summed E-state index contributed by atoms with van der Waals surface area (Å²) in [6.07, 6.45) is -0.210. The second kappa shape index (κ2) is 4.28. The standard InChI is InChI=1S/C10H9BrFNO2/c11-8-3-6(12)1-2-7(8)9-4-13-10(14)5-15-9/h1-3,9H,4-5H2,(H,13,14)/t9-/m0/s1. The van der Waals surface area contributed by atoms with E-state index in [0.29, 0.717) is 11.0 Å². The predicted molar refractivity (Wildman–Crippen MR) is 55.8 cm³/mol. The maximum atomic E-state index is 12.8. The molecule has 0 aromatic heterocycles. The van der Waals surface area contributed by atoms with Crippen LogP contribution < -0.4 is 5.32 Å². The van der Waals surface area contributed by atoms with Crippen molar-refractivity contribution in [2.24, 2.45) is 0 Å². The summed E-state index contributed by atoms with van der Waals surface area (Å²) in [5, 5.41) is 2.69. The molecule has 80 valence electrons. The van der Waals surface area contributed by atoms with E-state index >= 15 is 0 Å². The lowest BCUT2D eigenvalue weighted by Crippen LogP contribution is -2.38. The third kappa shape index (κ3) is 2.35. The van der Waals surface area contributed by atoms with Gasteiger partial charge in [-0.1, -0.05) is 22.0 Å². The molecule has 2 rings (SSSR count). The first-order valence-electron chi connectivity index (χ1n) is 4.50. The van der Waals surface area contributed by atoms with Gasteiger partial charge in [0, 0.05) is 11.0 Å². The van der Waals surface area contributed by atoms with Crippen LogP contribution in [0.4, 0.5) is 4.39 Å². The zero-order valence-electron chi connectivity index (χ0n) is 7.80. The Kier molecular flexibility index (Phi) is 3.02. The lowest BCUT2D eigenvalue weighted by atomic mass is 10.1. The van der Waals surface area contributed by atoms with Crippen LogP contribution in [0.1, 0.15) is 11.7 Å². The zero-order chi connectivity index (χ0) is 10.8. The summed E-state index contributed by atoms with van der Waals surface area (Å²) in [6, 6.07) is 4.41. The van der Waals surface area contributed by atoms with E-state index < -0.39 is 0 Å². The molecule has 1 aliphatic heterocycles. The van der Waals surface area contributed by atoms with Gasteiger partial charge >= 0.3 is 0 Å². The average Bonchev–Trinajstić information content (AvgIpc) is 2.20. The van der Waals surface area contributed by atoms with Crippen molar-refractivity contribution in [2.75, 3.05) is 13.2 Å². The second-order valence-electron chi connectivity index (χ2n) is 3.27. The van der Waals surface area contributed by atoms with Crippen LogP contribution in [0.15, 0.2) is 22.7 Å². The highest BCUT2D eigenvalue weighted by atomic mass is 79.9. The Morgan fingerprint density at radius 3 is 2.93 bits per heavy atom. The number of benzene rings is 1. The van der Waals surface area contributed by atoms with Crippen molar-refractivity contribution in [3.05, 3.63) is 34.1 Å². The Bertz CT molecular complexity index is 387. The van der Waals surface area contributed by atoms with Crippen LogP contribution in [0, 0.1) is 5.82 Å². The number of carbonyl (C=O) groups is 1. The van der Waals surface area contributed by atoms with Crippen molar-refractivity contribution in [1.29, 1.82) is 0 Å². The molecule has 0 aliphatic carbocycles. The number of halogens is 2. The summed E-state index contributed by atoms with van der Waals surface area (Å²) in [5.41, 5.74) is 0.844. The normalized spacial score (nSPS) is 21.2. The van der Waals surface area contributed by atoms with E-state index in [1.807, 2.05) is 0 Å². The Hall–Kier alpha value is -0.940. The number of hydrogen-bond donors (Lipinski definition) is 1. The van der Waals surface area contributed by atoms with Gasteiger partial charge in [0.15, 0.2) is 0 Å². The third-order valence-electron chi connectivity index (χ3n) is 2.21. The summed E-state index contributed by atoms with van der Waals surface area (Å²) in [5.74, 6) is -0.421. The summed E-state index contributed by atoms with van der Waals surface area (Å²) in [7, 11) is 0. The van der Waals surface area contributed by atoms with Crippen molar-refractivity contribution in [2.45, 2.75) is 6.10 Å². The van der Waals surface area contributed by atoms with Gasteiger partial charge in [-0.2, -0.15) is 0 Å². The number of carbonyl (C=O) groups excluding carboxylic acids is 1. The number of morpholine rings is 1. The first-order chi connectivity index (χ1) is 7.16. The third-order valence-corrected chi connectivity index (χ3v) is 2.90. The van der Waals surface area contributed by atoms with E-state index in [1.54, 1.807) is 6.07 Å². The molecule has 1 amide bonds. The minimum absolute atomic E-state index is 0.0501. The smallest absolute Gasteiger partial charge is 0.246 e. The van der Waals surface area contributed by atoms with Crippen molar-refractivity contribution in [1.82, 2.24) is 5.32 Å². The van der Waals surface area contributed by atoms with Gasteiger partial charge in [-0.15, -0.1) is 0 Å². The quantitative estimate of drug-likeness (QED) is 0.847. The van der Waals surface area contributed by atoms with E-state index in [0.717, 1.165) is 5.56 Å². The molecule has 15 heavy (non-hydrogen) atoms. The molecule has 1 fully saturated rings. The molecule has 0 spiro atoms. The highest BCUT2D eigenvalue weighted by Gasteiger charge is 2.21. The minimum Gasteiger partial charge on any atom is -0.362 e. The van der Waals surface area contributed by atoms with Crippen LogP contribution in [0.3, 0.4) is 0 Å². The monoisotopic (exact) mass is 273 g/mol. The van der Waals surface area contributed by atoms with E-state index in [4.69, 9.17) is 4.74 Å². The molecule has 5 heteroatoms. The SMILES string of the molecule is O=C1CO[C@H](c2ccc(F)cc2Br)CN1. The Labute approximate surface area is 94.7 Å². The van der Waals surface area contributed by atoms with Gasteiger partial charge in [-0.3, -0.25) is 4.79 Å². The number of ether oxygens (including phenoxy) is 1. The molecule has 1 saturated heterocycles. The van der Waals surface area contributed by atoms with Gasteiger partial charge in [0.25, 0.3) is 0 Å². The molecule has 1 heterocycles. The number of hydrogen-bond acceptors (Lipinski definition) is 2. The zero-order valence-corrected chi connectivity index (χ0v) is 9.38. The fourth-order valence-electron chi connectivity index (χ4n) is 1.46. The van der Waals surface area contributed by atoms with Crippen molar-refractivity contribution in [3.8, 4) is 0 Å². The largest absolute Gasteiger partial charge is 0.362 e. The molecule has 1 N–H and O–H groups in total. The topological polar surface area (TPSA) is 38.3 Å². The van der Waals surface area contributed by atoms with Crippen molar-refractivity contribution >= 4 is 21.8 Å². The van der Waals surface area contributed by atoms with Crippen molar-refractivity contribution < 1.29 is 13.9 Å². The van der Waals surface area contributed by atoms with Gasteiger partial charge < -0.3 is 10.1 Å². The molecule has 1 atom stereocenters. The lowest BCUT2D eigenvalue weighted by molar-refractivity contribution is -0.133. The minimum atomic E-state index is -0.300. The molecule has 0 bridgehead atoms. The van der Waals surface area contributed by atoms with Gasteiger partial charge in [0.1, 0.15) is 18.5 Å². The van der Waals surface area contributed by atoms with Crippen molar-refractivity contribution in [3.63, 3.8) is 0 Å².